The van der Waals surface area contributed by atoms with E-state index in [1.807, 2.05) is 0 Å². The Hall–Kier alpha value is -0.733. The van der Waals surface area contributed by atoms with Gasteiger partial charge in [0.2, 0.25) is 0 Å². The van der Waals surface area contributed by atoms with E-state index in [0.717, 1.165) is 26.6 Å². The number of aliphatic hydroxyl groups is 1. The first-order valence-corrected chi connectivity index (χ1v) is 11.0. The van der Waals surface area contributed by atoms with Gasteiger partial charge in [0.15, 0.2) is 0 Å². The predicted octanol–water partition coefficient (Wildman–Crippen LogP) is 6.13. The normalized spacial score (nSPS) is 18.2. The highest BCUT2D eigenvalue weighted by Gasteiger charge is 2.92. The smallest absolute Gasteiger partial charge is 0.387 e. The Bertz CT molecular complexity index is 564. The first kappa shape index (κ1) is 27.3. The second kappa shape index (κ2) is 6.91. The van der Waals surface area contributed by atoms with Crippen LogP contribution in [-0.2, 0) is 0 Å². The minimum Gasteiger partial charge on any atom is -0.387 e. The van der Waals surface area contributed by atoms with Crippen LogP contribution in [0.4, 0.5) is 57.1 Å². The van der Waals surface area contributed by atoms with E-state index in [1.54, 1.807) is 0 Å². The molecular formula is C13H17F13OSi. The minimum absolute atomic E-state index is 0.548. The first-order chi connectivity index (χ1) is 11.8. The van der Waals surface area contributed by atoms with Crippen molar-refractivity contribution in [3.05, 3.63) is 0 Å². The second-order valence-corrected chi connectivity index (χ2v) is 12.6. The minimum atomic E-state index is -7.96. The lowest BCUT2D eigenvalue weighted by atomic mass is 9.90. The summed E-state index contributed by atoms with van der Waals surface area (Å²) in [5.41, 5.74) is 0. The topological polar surface area (TPSA) is 20.2 Å². The molecule has 0 saturated heterocycles. The molecule has 0 amide bonds. The van der Waals surface area contributed by atoms with Gasteiger partial charge in [-0.05, 0) is 6.42 Å². The summed E-state index contributed by atoms with van der Waals surface area (Å²) in [7, 11) is -4.06. The molecule has 0 aliphatic rings. The molecule has 15 heteroatoms. The molecule has 0 spiro atoms. The number of halogens is 13. The number of hydrogen-bond donors (Lipinski definition) is 1. The van der Waals surface area contributed by atoms with Crippen LogP contribution in [0.2, 0.25) is 19.6 Å². The van der Waals surface area contributed by atoms with Gasteiger partial charge in [-0.15, -0.1) is 0 Å². The third-order valence-corrected chi connectivity index (χ3v) is 7.35. The van der Waals surface area contributed by atoms with E-state index >= 15 is 0 Å². The summed E-state index contributed by atoms with van der Waals surface area (Å²) in [6.45, 7) is 3.34. The molecule has 1 nitrogen and oxygen atoms in total. The molecule has 1 N–H and O–H groups in total. The standard InChI is InChI=1S/C13H17F13OSi/c1-5-6-7(27,28(2,3)4)8(14,15)9(16,17)10(18,19)11(20,21)12(22,23)13(24,25)26/h27H,5-6H2,1-4H3. The van der Waals surface area contributed by atoms with Crippen molar-refractivity contribution in [2.24, 2.45) is 0 Å². The maximum atomic E-state index is 14.3. The molecule has 0 saturated carbocycles. The average Bonchev–Trinajstić information content (AvgIpc) is 2.43. The van der Waals surface area contributed by atoms with E-state index in [1.165, 1.54) is 0 Å². The Kier molecular flexibility index (Phi) is 6.73. The number of rotatable bonds is 8. The molecule has 0 aliphatic carbocycles. The third kappa shape index (κ3) is 3.39. The van der Waals surface area contributed by atoms with Crippen LogP contribution in [0.15, 0.2) is 0 Å². The fourth-order valence-corrected chi connectivity index (χ4v) is 4.49. The highest BCUT2D eigenvalue weighted by Crippen LogP contribution is 2.62. The summed E-state index contributed by atoms with van der Waals surface area (Å²) in [6, 6.07) is 0. The van der Waals surface area contributed by atoms with Crippen molar-refractivity contribution in [3.8, 4) is 0 Å². The van der Waals surface area contributed by atoms with E-state index < -0.39 is 61.9 Å². The summed E-state index contributed by atoms with van der Waals surface area (Å²) in [6.07, 6.45) is -9.33. The van der Waals surface area contributed by atoms with Crippen molar-refractivity contribution in [1.29, 1.82) is 0 Å². The molecule has 0 aliphatic heterocycles. The third-order valence-electron chi connectivity index (χ3n) is 4.31. The summed E-state index contributed by atoms with van der Waals surface area (Å²) in [4.78, 5) is 0. The van der Waals surface area contributed by atoms with Crippen LogP contribution >= 0.6 is 0 Å². The summed E-state index contributed by atoms with van der Waals surface area (Å²) < 4.78 is 172. The molecule has 0 heterocycles. The van der Waals surface area contributed by atoms with Gasteiger partial charge in [-0.3, -0.25) is 0 Å². The van der Waals surface area contributed by atoms with Crippen molar-refractivity contribution < 1.29 is 62.2 Å². The van der Waals surface area contributed by atoms with Gasteiger partial charge in [0, 0.05) is 0 Å². The van der Waals surface area contributed by atoms with Crippen molar-refractivity contribution in [2.45, 2.75) is 80.4 Å². The Morgan fingerprint density at radius 1 is 0.571 bits per heavy atom. The maximum Gasteiger partial charge on any atom is 0.460 e. The molecule has 0 radical (unpaired) electrons. The van der Waals surface area contributed by atoms with Crippen LogP contribution < -0.4 is 0 Å². The molecule has 170 valence electrons. The van der Waals surface area contributed by atoms with Gasteiger partial charge < -0.3 is 5.11 Å². The molecule has 0 aromatic heterocycles. The Morgan fingerprint density at radius 3 is 1.11 bits per heavy atom. The fourth-order valence-electron chi connectivity index (χ4n) is 2.39. The van der Waals surface area contributed by atoms with Gasteiger partial charge in [-0.25, -0.2) is 0 Å². The van der Waals surface area contributed by atoms with E-state index in [2.05, 4.69) is 0 Å². The van der Waals surface area contributed by atoms with Crippen LogP contribution in [0.5, 0.6) is 0 Å². The van der Waals surface area contributed by atoms with Crippen LogP contribution in [0.1, 0.15) is 19.8 Å². The summed E-state index contributed by atoms with van der Waals surface area (Å²) >= 11 is 0. The van der Waals surface area contributed by atoms with Gasteiger partial charge in [0.05, 0.1) is 8.07 Å². The van der Waals surface area contributed by atoms with E-state index in [9.17, 15) is 62.2 Å². The zero-order valence-electron chi connectivity index (χ0n) is 14.8. The Balaban J connectivity index is 6.78. The highest BCUT2D eigenvalue weighted by atomic mass is 28.3. The number of alkyl halides is 13. The van der Waals surface area contributed by atoms with Crippen LogP contribution in [0.25, 0.3) is 0 Å². The van der Waals surface area contributed by atoms with Gasteiger partial charge in [-0.2, -0.15) is 57.1 Å². The van der Waals surface area contributed by atoms with Gasteiger partial charge >= 0.3 is 35.8 Å². The first-order valence-electron chi connectivity index (χ1n) is 7.49. The van der Waals surface area contributed by atoms with E-state index in [4.69, 9.17) is 0 Å². The molecular weight excluding hydrogens is 447 g/mol. The maximum absolute atomic E-state index is 14.3. The largest absolute Gasteiger partial charge is 0.460 e. The Labute approximate surface area is 151 Å². The van der Waals surface area contributed by atoms with E-state index in [0.29, 0.717) is 0 Å². The predicted molar refractivity (Wildman–Crippen MR) is 74.0 cm³/mol. The van der Waals surface area contributed by atoms with Crippen molar-refractivity contribution in [1.82, 2.24) is 0 Å². The Morgan fingerprint density at radius 2 is 0.857 bits per heavy atom. The summed E-state index contributed by atoms with van der Waals surface area (Å²) in [5, 5.41) is 6.01. The quantitative estimate of drug-likeness (QED) is 0.338. The van der Waals surface area contributed by atoms with E-state index in [-0.39, 0.29) is 0 Å². The molecule has 0 aromatic rings. The molecule has 0 aromatic carbocycles. The SMILES string of the molecule is CCCC(O)(C(F)(F)C(F)(F)C(F)(F)C(F)(F)C(F)(F)C(F)(F)F)[Si](C)(C)C. The highest BCUT2D eigenvalue weighted by molar-refractivity contribution is 6.79. The molecule has 1 atom stereocenters. The van der Waals surface area contributed by atoms with Gasteiger partial charge in [0.25, 0.3) is 0 Å². The van der Waals surface area contributed by atoms with Crippen molar-refractivity contribution in [2.75, 3.05) is 0 Å². The fraction of sp³-hybridized carbons (Fsp3) is 1.00. The van der Waals surface area contributed by atoms with Crippen molar-refractivity contribution >= 4 is 8.07 Å². The van der Waals surface area contributed by atoms with Gasteiger partial charge in [-0.1, -0.05) is 33.0 Å². The molecule has 28 heavy (non-hydrogen) atoms. The zero-order chi connectivity index (χ0) is 23.4. The zero-order valence-corrected chi connectivity index (χ0v) is 15.8. The molecule has 0 fully saturated rings. The lowest BCUT2D eigenvalue weighted by Crippen LogP contribution is -2.77. The second-order valence-electron chi connectivity index (χ2n) is 7.23. The summed E-state index contributed by atoms with van der Waals surface area (Å²) in [5.74, 6) is -37.6. The van der Waals surface area contributed by atoms with Crippen LogP contribution in [0.3, 0.4) is 0 Å². The lowest BCUT2D eigenvalue weighted by Gasteiger charge is -2.49. The molecule has 1 unspecified atom stereocenters. The van der Waals surface area contributed by atoms with Crippen molar-refractivity contribution in [3.63, 3.8) is 0 Å². The molecule has 0 bridgehead atoms. The average molecular weight is 464 g/mol. The van der Waals surface area contributed by atoms with Gasteiger partial charge in [0.1, 0.15) is 5.22 Å². The van der Waals surface area contributed by atoms with Crippen LogP contribution in [0, 0.1) is 0 Å². The molecule has 0 rings (SSSR count). The number of hydrogen-bond acceptors (Lipinski definition) is 1. The lowest BCUT2D eigenvalue weighted by molar-refractivity contribution is -0.446. The van der Waals surface area contributed by atoms with Crippen LogP contribution in [-0.4, -0.2) is 54.2 Å². The monoisotopic (exact) mass is 464 g/mol.